The van der Waals surface area contributed by atoms with Crippen LogP contribution in [0.3, 0.4) is 0 Å². The average Bonchev–Trinajstić information content (AvgIpc) is 3.04. The van der Waals surface area contributed by atoms with Crippen molar-refractivity contribution in [2.45, 2.75) is 6.92 Å². The number of fused-ring (bicyclic) bond motifs is 2. The van der Waals surface area contributed by atoms with Crippen molar-refractivity contribution >= 4 is 40.0 Å². The lowest BCUT2D eigenvalue weighted by Gasteiger charge is -2.14. The Bertz CT molecular complexity index is 1400. The summed E-state index contributed by atoms with van der Waals surface area (Å²) < 4.78 is 13.7. The number of nitrogens with one attached hydrogen (secondary N) is 1. The van der Waals surface area contributed by atoms with Crippen molar-refractivity contribution in [1.29, 1.82) is 0 Å². The number of rotatable bonds is 3. The molecule has 156 valence electrons. The van der Waals surface area contributed by atoms with Crippen molar-refractivity contribution in [3.05, 3.63) is 101 Å². The summed E-state index contributed by atoms with van der Waals surface area (Å²) in [4.78, 5) is 43.6. The summed E-state index contributed by atoms with van der Waals surface area (Å²) in [6.45, 7) is 1.79. The molecule has 0 atom stereocenters. The van der Waals surface area contributed by atoms with Gasteiger partial charge >= 0.3 is 0 Å². The Morgan fingerprint density at radius 3 is 2.22 bits per heavy atom. The monoisotopic (exact) mass is 425 g/mol. The molecule has 1 N–H and O–H groups in total. The molecule has 7 heteroatoms. The summed E-state index contributed by atoms with van der Waals surface area (Å²) in [5.41, 5.74) is 3.10. The Morgan fingerprint density at radius 2 is 1.56 bits per heavy atom. The maximum atomic E-state index is 13.7. The lowest BCUT2D eigenvalue weighted by Crippen LogP contribution is -2.29. The van der Waals surface area contributed by atoms with Crippen LogP contribution in [0.4, 0.5) is 15.8 Å². The molecule has 3 aromatic carbocycles. The molecule has 5 rings (SSSR count). The van der Waals surface area contributed by atoms with Gasteiger partial charge in [0.15, 0.2) is 0 Å². The predicted octanol–water partition coefficient (Wildman–Crippen LogP) is 4.74. The summed E-state index contributed by atoms with van der Waals surface area (Å²) in [5, 5.41) is 3.29. The number of pyridine rings is 1. The van der Waals surface area contributed by atoms with E-state index in [-0.39, 0.29) is 0 Å². The van der Waals surface area contributed by atoms with Gasteiger partial charge in [0, 0.05) is 16.6 Å². The zero-order chi connectivity index (χ0) is 22.4. The van der Waals surface area contributed by atoms with E-state index in [4.69, 9.17) is 0 Å². The molecule has 6 nitrogen and oxygen atoms in total. The highest BCUT2D eigenvalue weighted by atomic mass is 19.1. The minimum Gasteiger partial charge on any atom is -0.321 e. The first kappa shape index (κ1) is 19.6. The number of anilines is 2. The van der Waals surface area contributed by atoms with Gasteiger partial charge in [0.05, 0.1) is 28.0 Å². The quantitative estimate of drug-likeness (QED) is 0.481. The maximum absolute atomic E-state index is 13.7. The Balaban J connectivity index is 1.42. The van der Waals surface area contributed by atoms with Crippen LogP contribution in [0.2, 0.25) is 0 Å². The SMILES string of the molecule is Cc1cc(NC(=O)c2ccc(N3C(=O)c4ccccc4C3=O)cc2)c2cc(F)ccc2n1. The van der Waals surface area contributed by atoms with E-state index in [1.165, 1.54) is 24.3 Å². The van der Waals surface area contributed by atoms with Crippen LogP contribution in [0.25, 0.3) is 10.9 Å². The zero-order valence-electron chi connectivity index (χ0n) is 16.9. The van der Waals surface area contributed by atoms with Gasteiger partial charge < -0.3 is 5.32 Å². The van der Waals surface area contributed by atoms with E-state index in [9.17, 15) is 18.8 Å². The zero-order valence-corrected chi connectivity index (χ0v) is 16.9. The average molecular weight is 425 g/mol. The second kappa shape index (κ2) is 7.39. The van der Waals surface area contributed by atoms with Gasteiger partial charge in [0.25, 0.3) is 17.7 Å². The fourth-order valence-electron chi connectivity index (χ4n) is 3.81. The second-order valence-electron chi connectivity index (χ2n) is 7.46. The molecular weight excluding hydrogens is 409 g/mol. The number of aromatic nitrogens is 1. The van der Waals surface area contributed by atoms with E-state index in [0.717, 1.165) is 4.90 Å². The van der Waals surface area contributed by atoms with Gasteiger partial charge in [-0.15, -0.1) is 0 Å². The van der Waals surface area contributed by atoms with Crippen molar-refractivity contribution in [3.8, 4) is 0 Å². The highest BCUT2D eigenvalue weighted by Crippen LogP contribution is 2.29. The molecular formula is C25H16FN3O3. The number of imide groups is 1. The normalized spacial score (nSPS) is 12.9. The summed E-state index contributed by atoms with van der Waals surface area (Å²) >= 11 is 0. The van der Waals surface area contributed by atoms with Crippen LogP contribution in [0.5, 0.6) is 0 Å². The number of hydrogen-bond donors (Lipinski definition) is 1. The topological polar surface area (TPSA) is 79.4 Å². The Kier molecular flexibility index (Phi) is 4.52. The lowest BCUT2D eigenvalue weighted by atomic mass is 10.1. The number of benzene rings is 3. The largest absolute Gasteiger partial charge is 0.321 e. The lowest BCUT2D eigenvalue weighted by molar-refractivity contribution is 0.0925. The van der Waals surface area contributed by atoms with Crippen molar-refractivity contribution in [3.63, 3.8) is 0 Å². The van der Waals surface area contributed by atoms with E-state index >= 15 is 0 Å². The standard InChI is InChI=1S/C25H16FN3O3/c1-14-12-22(20-13-16(26)8-11-21(20)27-14)28-23(30)15-6-9-17(10-7-15)29-24(31)18-4-2-3-5-19(18)25(29)32/h2-13H,1H3,(H,27,28,30). The molecule has 0 saturated heterocycles. The molecule has 0 unspecified atom stereocenters. The van der Waals surface area contributed by atoms with Crippen LogP contribution in [-0.4, -0.2) is 22.7 Å². The van der Waals surface area contributed by atoms with Gasteiger partial charge in [-0.3, -0.25) is 19.4 Å². The van der Waals surface area contributed by atoms with Gasteiger partial charge in [0.1, 0.15) is 5.82 Å². The third-order valence-corrected chi connectivity index (χ3v) is 5.33. The van der Waals surface area contributed by atoms with Crippen LogP contribution in [-0.2, 0) is 0 Å². The molecule has 0 aliphatic carbocycles. The Morgan fingerprint density at radius 1 is 0.906 bits per heavy atom. The predicted molar refractivity (Wildman–Crippen MR) is 118 cm³/mol. The Labute approximate surface area is 182 Å². The molecule has 3 amide bonds. The molecule has 1 aromatic heterocycles. The van der Waals surface area contributed by atoms with Crippen LogP contribution in [0, 0.1) is 12.7 Å². The minimum atomic E-state index is -0.427. The summed E-state index contributed by atoms with van der Waals surface area (Å²) in [5.74, 6) is -1.63. The van der Waals surface area contributed by atoms with Gasteiger partial charge in [0.2, 0.25) is 0 Å². The molecule has 1 aliphatic rings. The van der Waals surface area contributed by atoms with Crippen molar-refractivity contribution in [2.24, 2.45) is 0 Å². The smallest absolute Gasteiger partial charge is 0.266 e. The van der Waals surface area contributed by atoms with E-state index in [1.54, 1.807) is 55.5 Å². The molecule has 0 fully saturated rings. The van der Waals surface area contributed by atoms with Crippen molar-refractivity contribution < 1.29 is 18.8 Å². The molecule has 32 heavy (non-hydrogen) atoms. The van der Waals surface area contributed by atoms with Crippen LogP contribution in [0.15, 0.2) is 72.8 Å². The third-order valence-electron chi connectivity index (χ3n) is 5.33. The number of carbonyl (C=O) groups is 3. The molecule has 0 saturated carbocycles. The molecule has 0 radical (unpaired) electrons. The van der Waals surface area contributed by atoms with Gasteiger partial charge in [-0.25, -0.2) is 9.29 Å². The van der Waals surface area contributed by atoms with E-state index in [1.807, 2.05) is 0 Å². The van der Waals surface area contributed by atoms with Gasteiger partial charge in [-0.05, 0) is 67.6 Å². The molecule has 2 heterocycles. The van der Waals surface area contributed by atoms with Crippen molar-refractivity contribution in [1.82, 2.24) is 4.98 Å². The summed E-state index contributed by atoms with van der Waals surface area (Å²) in [6, 6.07) is 18.7. The van der Waals surface area contributed by atoms with E-state index in [0.29, 0.717) is 44.7 Å². The molecule has 1 aliphatic heterocycles. The summed E-state index contributed by atoms with van der Waals surface area (Å²) in [7, 11) is 0. The fraction of sp³-hybridized carbons (Fsp3) is 0.0400. The van der Waals surface area contributed by atoms with Crippen LogP contribution >= 0.6 is 0 Å². The highest BCUT2D eigenvalue weighted by Gasteiger charge is 2.36. The van der Waals surface area contributed by atoms with E-state index in [2.05, 4.69) is 10.3 Å². The van der Waals surface area contributed by atoms with Gasteiger partial charge in [-0.1, -0.05) is 12.1 Å². The number of aryl methyl sites for hydroxylation is 1. The molecule has 0 bridgehead atoms. The summed E-state index contributed by atoms with van der Waals surface area (Å²) in [6.07, 6.45) is 0. The number of halogens is 1. The first-order chi connectivity index (χ1) is 15.4. The number of hydrogen-bond acceptors (Lipinski definition) is 4. The second-order valence-corrected chi connectivity index (χ2v) is 7.46. The molecule has 0 spiro atoms. The maximum Gasteiger partial charge on any atom is 0.266 e. The minimum absolute atomic E-state index is 0.323. The third kappa shape index (κ3) is 3.20. The number of carbonyl (C=O) groups excluding carboxylic acids is 3. The molecule has 4 aromatic rings. The van der Waals surface area contributed by atoms with E-state index < -0.39 is 23.5 Å². The highest BCUT2D eigenvalue weighted by molar-refractivity contribution is 6.34. The fourth-order valence-corrected chi connectivity index (χ4v) is 3.81. The van der Waals surface area contributed by atoms with Crippen LogP contribution in [0.1, 0.15) is 36.8 Å². The first-order valence-electron chi connectivity index (χ1n) is 9.88. The van der Waals surface area contributed by atoms with Gasteiger partial charge in [-0.2, -0.15) is 0 Å². The number of nitrogens with zero attached hydrogens (tertiary/aromatic N) is 2. The first-order valence-corrected chi connectivity index (χ1v) is 9.88. The Hall–Kier alpha value is -4.39. The number of amides is 3. The van der Waals surface area contributed by atoms with Crippen LogP contribution < -0.4 is 10.2 Å². The van der Waals surface area contributed by atoms with Crippen molar-refractivity contribution in [2.75, 3.05) is 10.2 Å².